The Hall–Kier alpha value is -1.28. The Morgan fingerprint density at radius 1 is 1.25 bits per heavy atom. The lowest BCUT2D eigenvalue weighted by Gasteiger charge is -2.23. The molecule has 16 heavy (non-hydrogen) atoms. The molecule has 0 amide bonds. The Kier molecular flexibility index (Phi) is 2.55. The fourth-order valence-electron chi connectivity index (χ4n) is 2.13. The van der Waals surface area contributed by atoms with Crippen molar-refractivity contribution in [2.75, 3.05) is 7.05 Å². The molecule has 1 aromatic carbocycles. The van der Waals surface area contributed by atoms with Crippen LogP contribution in [0.2, 0.25) is 0 Å². The van der Waals surface area contributed by atoms with Gasteiger partial charge in [0.1, 0.15) is 0 Å². The van der Waals surface area contributed by atoms with E-state index in [4.69, 9.17) is 0 Å². The quantitative estimate of drug-likeness (QED) is 0.816. The molecule has 1 aromatic heterocycles. The van der Waals surface area contributed by atoms with E-state index in [0.717, 1.165) is 0 Å². The van der Waals surface area contributed by atoms with Gasteiger partial charge in [-0.25, -0.2) is 0 Å². The van der Waals surface area contributed by atoms with Crippen LogP contribution in [-0.4, -0.2) is 11.6 Å². The predicted molar refractivity (Wildman–Crippen MR) is 69.7 cm³/mol. The van der Waals surface area contributed by atoms with Gasteiger partial charge in [0, 0.05) is 29.7 Å². The Labute approximate surface area is 97.3 Å². The highest BCUT2D eigenvalue weighted by Crippen LogP contribution is 2.30. The number of rotatable bonds is 2. The topological polar surface area (TPSA) is 17.0 Å². The van der Waals surface area contributed by atoms with Crippen LogP contribution in [0.4, 0.5) is 0 Å². The predicted octanol–water partition coefficient (Wildman–Crippen LogP) is 2.94. The lowest BCUT2D eigenvalue weighted by atomic mass is 9.94. The summed E-state index contributed by atoms with van der Waals surface area (Å²) >= 11 is 0. The molecular weight excluding hydrogens is 196 g/mol. The highest BCUT2D eigenvalue weighted by atomic mass is 15.0. The third-order valence-corrected chi connectivity index (χ3v) is 3.44. The Bertz CT molecular complexity index is 521. The first-order valence-electron chi connectivity index (χ1n) is 5.71. The van der Waals surface area contributed by atoms with Crippen molar-refractivity contribution in [3.63, 3.8) is 0 Å². The smallest absolute Gasteiger partial charge is 0.0483 e. The van der Waals surface area contributed by atoms with E-state index < -0.39 is 0 Å². The maximum atomic E-state index is 3.36. The summed E-state index contributed by atoms with van der Waals surface area (Å²) in [5.41, 5.74) is 3.97. The van der Waals surface area contributed by atoms with Crippen LogP contribution in [0, 0.1) is 6.92 Å². The highest BCUT2D eigenvalue weighted by Gasteiger charge is 2.22. The largest absolute Gasteiger partial charge is 0.350 e. The van der Waals surface area contributed by atoms with Crippen LogP contribution < -0.4 is 5.32 Å². The molecule has 0 fully saturated rings. The lowest BCUT2D eigenvalue weighted by molar-refractivity contribution is 0.447. The minimum absolute atomic E-state index is 0.00870. The molecule has 0 saturated heterocycles. The summed E-state index contributed by atoms with van der Waals surface area (Å²) in [6.45, 7) is 6.55. The van der Waals surface area contributed by atoms with Crippen molar-refractivity contribution < 1.29 is 0 Å². The molecular formula is C14H20N2. The zero-order valence-electron chi connectivity index (χ0n) is 10.8. The Morgan fingerprint density at radius 2 is 1.94 bits per heavy atom. The SMILES string of the molecule is CNC(C)(C)c1cn(C)c2cc(C)ccc12. The van der Waals surface area contributed by atoms with Gasteiger partial charge in [0.25, 0.3) is 0 Å². The molecule has 0 aliphatic rings. The van der Waals surface area contributed by atoms with Crippen molar-refractivity contribution in [2.45, 2.75) is 26.3 Å². The van der Waals surface area contributed by atoms with E-state index in [1.165, 1.54) is 22.0 Å². The van der Waals surface area contributed by atoms with E-state index in [1.54, 1.807) is 0 Å². The van der Waals surface area contributed by atoms with Gasteiger partial charge < -0.3 is 9.88 Å². The summed E-state index contributed by atoms with van der Waals surface area (Å²) in [7, 11) is 4.12. The van der Waals surface area contributed by atoms with Crippen LogP contribution in [0.25, 0.3) is 10.9 Å². The molecule has 86 valence electrons. The van der Waals surface area contributed by atoms with E-state index >= 15 is 0 Å². The monoisotopic (exact) mass is 216 g/mol. The minimum Gasteiger partial charge on any atom is -0.350 e. The van der Waals surface area contributed by atoms with E-state index in [0.29, 0.717) is 0 Å². The van der Waals surface area contributed by atoms with E-state index in [-0.39, 0.29) is 5.54 Å². The Balaban J connectivity index is 2.73. The van der Waals surface area contributed by atoms with Crippen molar-refractivity contribution >= 4 is 10.9 Å². The van der Waals surface area contributed by atoms with Gasteiger partial charge in [0.2, 0.25) is 0 Å². The molecule has 0 atom stereocenters. The molecule has 0 saturated carbocycles. The van der Waals surface area contributed by atoms with Gasteiger partial charge in [-0.15, -0.1) is 0 Å². The molecule has 0 aliphatic carbocycles. The van der Waals surface area contributed by atoms with Crippen molar-refractivity contribution in [1.29, 1.82) is 0 Å². The molecule has 0 bridgehead atoms. The molecule has 1 heterocycles. The molecule has 0 radical (unpaired) electrons. The molecule has 0 unspecified atom stereocenters. The first-order valence-corrected chi connectivity index (χ1v) is 5.71. The third-order valence-electron chi connectivity index (χ3n) is 3.44. The minimum atomic E-state index is 0.00870. The maximum absolute atomic E-state index is 3.36. The van der Waals surface area contributed by atoms with Crippen molar-refractivity contribution in [1.82, 2.24) is 9.88 Å². The van der Waals surface area contributed by atoms with Crippen molar-refractivity contribution in [3.05, 3.63) is 35.5 Å². The summed E-state index contributed by atoms with van der Waals surface area (Å²) in [6, 6.07) is 6.64. The molecule has 2 aromatic rings. The molecule has 0 aliphatic heterocycles. The summed E-state index contributed by atoms with van der Waals surface area (Å²) < 4.78 is 2.21. The van der Waals surface area contributed by atoms with Crippen LogP contribution in [0.15, 0.2) is 24.4 Å². The summed E-state index contributed by atoms with van der Waals surface area (Å²) in [6.07, 6.45) is 2.22. The zero-order chi connectivity index (χ0) is 11.9. The van der Waals surface area contributed by atoms with Gasteiger partial charge >= 0.3 is 0 Å². The fourth-order valence-corrected chi connectivity index (χ4v) is 2.13. The average molecular weight is 216 g/mol. The van der Waals surface area contributed by atoms with Gasteiger partial charge in [0.15, 0.2) is 0 Å². The van der Waals surface area contributed by atoms with Crippen molar-refractivity contribution in [3.8, 4) is 0 Å². The number of nitrogens with one attached hydrogen (secondary N) is 1. The van der Waals surface area contributed by atoms with E-state index in [9.17, 15) is 0 Å². The number of benzene rings is 1. The van der Waals surface area contributed by atoms with Gasteiger partial charge in [-0.05, 0) is 45.0 Å². The molecule has 2 nitrogen and oxygen atoms in total. The first kappa shape index (κ1) is 11.2. The lowest BCUT2D eigenvalue weighted by Crippen LogP contribution is -2.32. The average Bonchev–Trinajstić information content (AvgIpc) is 2.57. The Morgan fingerprint density at radius 3 is 2.56 bits per heavy atom. The van der Waals surface area contributed by atoms with Crippen LogP contribution >= 0.6 is 0 Å². The second-order valence-corrected chi connectivity index (χ2v) is 5.05. The number of aromatic nitrogens is 1. The van der Waals surface area contributed by atoms with Crippen LogP contribution in [0.1, 0.15) is 25.0 Å². The normalized spacial score (nSPS) is 12.3. The van der Waals surface area contributed by atoms with Crippen molar-refractivity contribution in [2.24, 2.45) is 7.05 Å². The fraction of sp³-hybridized carbons (Fsp3) is 0.429. The molecule has 0 spiro atoms. The maximum Gasteiger partial charge on any atom is 0.0483 e. The van der Waals surface area contributed by atoms with Gasteiger partial charge in [-0.1, -0.05) is 12.1 Å². The summed E-state index contributed by atoms with van der Waals surface area (Å²) in [5, 5.41) is 4.70. The van der Waals surface area contributed by atoms with Gasteiger partial charge in [-0.3, -0.25) is 0 Å². The third kappa shape index (κ3) is 1.63. The van der Waals surface area contributed by atoms with Crippen LogP contribution in [0.3, 0.4) is 0 Å². The molecule has 2 rings (SSSR count). The molecule has 1 N–H and O–H groups in total. The standard InChI is InChI=1S/C14H20N2/c1-10-6-7-11-12(14(2,3)15-4)9-16(5)13(11)8-10/h6-9,15H,1-5H3. The number of hydrogen-bond donors (Lipinski definition) is 1. The summed E-state index contributed by atoms with van der Waals surface area (Å²) in [5.74, 6) is 0. The van der Waals surface area contributed by atoms with Gasteiger partial charge in [0.05, 0.1) is 0 Å². The number of nitrogens with zero attached hydrogens (tertiary/aromatic N) is 1. The number of hydrogen-bond acceptors (Lipinski definition) is 1. The van der Waals surface area contributed by atoms with Crippen LogP contribution in [-0.2, 0) is 12.6 Å². The summed E-state index contributed by atoms with van der Waals surface area (Å²) in [4.78, 5) is 0. The first-order chi connectivity index (χ1) is 7.45. The molecule has 2 heteroatoms. The van der Waals surface area contributed by atoms with Gasteiger partial charge in [-0.2, -0.15) is 0 Å². The zero-order valence-corrected chi connectivity index (χ0v) is 10.8. The second kappa shape index (κ2) is 3.63. The number of aryl methyl sites for hydroxylation is 2. The van der Waals surface area contributed by atoms with Crippen LogP contribution in [0.5, 0.6) is 0 Å². The number of fused-ring (bicyclic) bond motifs is 1. The van der Waals surface area contributed by atoms with E-state index in [1.807, 2.05) is 7.05 Å². The van der Waals surface area contributed by atoms with E-state index in [2.05, 4.69) is 62.1 Å². The second-order valence-electron chi connectivity index (χ2n) is 5.05. The highest BCUT2D eigenvalue weighted by molar-refractivity contribution is 5.85.